The van der Waals surface area contributed by atoms with E-state index >= 15 is 0 Å². The molecule has 1 heterocycles. The minimum absolute atomic E-state index is 0.397. The highest BCUT2D eigenvalue weighted by Crippen LogP contribution is 2.38. The second-order valence-electron chi connectivity index (χ2n) is 8.17. The molecule has 0 saturated carbocycles. The highest BCUT2D eigenvalue weighted by Gasteiger charge is 2.22. The van der Waals surface area contributed by atoms with Crippen LogP contribution in [0, 0.1) is 0 Å². The van der Waals surface area contributed by atoms with Crippen molar-refractivity contribution in [2.45, 2.75) is 12.5 Å². The van der Waals surface area contributed by atoms with Crippen molar-refractivity contribution >= 4 is 32.9 Å². The molecule has 4 nitrogen and oxygen atoms in total. The van der Waals surface area contributed by atoms with Crippen LogP contribution in [0.25, 0.3) is 33.2 Å². The van der Waals surface area contributed by atoms with Gasteiger partial charge in [0.1, 0.15) is 11.3 Å². The van der Waals surface area contributed by atoms with Crippen LogP contribution >= 0.6 is 15.9 Å². The highest BCUT2D eigenvalue weighted by atomic mass is 79.9. The van der Waals surface area contributed by atoms with Gasteiger partial charge in [0.05, 0.1) is 7.11 Å². The van der Waals surface area contributed by atoms with Crippen LogP contribution < -0.4 is 4.74 Å². The number of rotatable bonds is 7. The van der Waals surface area contributed by atoms with Gasteiger partial charge in [-0.3, -0.25) is 0 Å². The maximum absolute atomic E-state index is 12.3. The zero-order valence-corrected chi connectivity index (χ0v) is 20.7. The Balaban J connectivity index is 1.33. The Morgan fingerprint density at radius 2 is 1.40 bits per heavy atom. The normalized spacial score (nSPS) is 11.8. The summed E-state index contributed by atoms with van der Waals surface area (Å²) in [5.41, 5.74) is 6.12. The maximum Gasteiger partial charge on any atom is 0.347 e. The standard InChI is InChI=1S/C30H23BrO4/c1-33-30(32)27(19-20-7-3-2-4-8-20)34-24-17-15-22(16-18-24)21-11-13-23(14-12-21)28-25-9-5-6-10-26(25)35-29(28)31/h2-18,27H,19H2,1H3. The molecule has 1 atom stereocenters. The lowest BCUT2D eigenvalue weighted by molar-refractivity contribution is -0.148. The zero-order chi connectivity index (χ0) is 24.2. The molecule has 5 aromatic rings. The average molecular weight is 527 g/mol. The van der Waals surface area contributed by atoms with E-state index < -0.39 is 12.1 Å². The number of esters is 1. The van der Waals surface area contributed by atoms with Crippen LogP contribution in [0.1, 0.15) is 5.56 Å². The van der Waals surface area contributed by atoms with E-state index in [1.165, 1.54) is 7.11 Å². The summed E-state index contributed by atoms with van der Waals surface area (Å²) in [4.78, 5) is 12.3. The molecular weight excluding hydrogens is 504 g/mol. The van der Waals surface area contributed by atoms with Crippen LogP contribution in [-0.4, -0.2) is 19.2 Å². The first-order valence-electron chi connectivity index (χ1n) is 11.3. The molecule has 0 aliphatic rings. The summed E-state index contributed by atoms with van der Waals surface area (Å²) in [6.45, 7) is 0. The van der Waals surface area contributed by atoms with Gasteiger partial charge in [0.2, 0.25) is 0 Å². The highest BCUT2D eigenvalue weighted by molar-refractivity contribution is 9.10. The van der Waals surface area contributed by atoms with E-state index in [-0.39, 0.29) is 0 Å². The lowest BCUT2D eigenvalue weighted by Crippen LogP contribution is -2.30. The molecule has 1 aromatic heterocycles. The van der Waals surface area contributed by atoms with Crippen LogP contribution in [-0.2, 0) is 16.0 Å². The van der Waals surface area contributed by atoms with E-state index in [1.807, 2.05) is 72.8 Å². The molecule has 0 N–H and O–H groups in total. The molecule has 1 unspecified atom stereocenters. The smallest absolute Gasteiger partial charge is 0.347 e. The Kier molecular flexibility index (Phi) is 6.68. The SMILES string of the molecule is COC(=O)C(Cc1ccccc1)Oc1ccc(-c2ccc(-c3c(Br)oc4ccccc34)cc2)cc1. The van der Waals surface area contributed by atoms with Gasteiger partial charge in [0, 0.05) is 17.4 Å². The Bertz CT molecular complexity index is 1440. The number of methoxy groups -OCH3 is 1. The van der Waals surface area contributed by atoms with Crippen LogP contribution in [0.3, 0.4) is 0 Å². The predicted molar refractivity (Wildman–Crippen MR) is 141 cm³/mol. The van der Waals surface area contributed by atoms with Crippen molar-refractivity contribution < 1.29 is 18.7 Å². The first-order chi connectivity index (χ1) is 17.1. The van der Waals surface area contributed by atoms with Crippen molar-refractivity contribution in [3.05, 3.63) is 113 Å². The average Bonchev–Trinajstić information content (AvgIpc) is 3.24. The Morgan fingerprint density at radius 1 is 0.800 bits per heavy atom. The summed E-state index contributed by atoms with van der Waals surface area (Å²) in [5, 5.41) is 1.07. The van der Waals surface area contributed by atoms with Gasteiger partial charge in [-0.05, 0) is 56.4 Å². The first kappa shape index (κ1) is 22.9. The number of hydrogen-bond donors (Lipinski definition) is 0. The molecule has 4 aromatic carbocycles. The molecule has 0 spiro atoms. The molecule has 0 bridgehead atoms. The quantitative estimate of drug-likeness (QED) is 0.204. The Labute approximate surface area is 212 Å². The molecule has 174 valence electrons. The molecule has 0 amide bonds. The molecule has 5 heteroatoms. The van der Waals surface area contributed by atoms with E-state index in [0.717, 1.165) is 43.5 Å². The predicted octanol–water partition coefficient (Wildman–Crippen LogP) is 7.69. The maximum atomic E-state index is 12.3. The molecule has 5 rings (SSSR count). The van der Waals surface area contributed by atoms with Gasteiger partial charge in [-0.1, -0.05) is 84.9 Å². The molecule has 35 heavy (non-hydrogen) atoms. The minimum Gasteiger partial charge on any atom is -0.478 e. The molecule has 0 aliphatic carbocycles. The fourth-order valence-corrected chi connectivity index (χ4v) is 4.75. The molecule has 0 fully saturated rings. The van der Waals surface area contributed by atoms with Gasteiger partial charge in [-0.2, -0.15) is 0 Å². The number of benzene rings is 4. The van der Waals surface area contributed by atoms with Crippen LogP contribution in [0.15, 0.2) is 112 Å². The van der Waals surface area contributed by atoms with Crippen molar-refractivity contribution in [3.63, 3.8) is 0 Å². The van der Waals surface area contributed by atoms with E-state index in [9.17, 15) is 4.79 Å². The molecule has 0 saturated heterocycles. The van der Waals surface area contributed by atoms with Crippen molar-refractivity contribution in [1.82, 2.24) is 0 Å². The number of para-hydroxylation sites is 1. The largest absolute Gasteiger partial charge is 0.478 e. The van der Waals surface area contributed by atoms with E-state index in [4.69, 9.17) is 13.9 Å². The summed E-state index contributed by atoms with van der Waals surface area (Å²) in [5.74, 6) is 0.219. The lowest BCUT2D eigenvalue weighted by atomic mass is 10.00. The fraction of sp³-hybridized carbons (Fsp3) is 0.100. The number of hydrogen-bond acceptors (Lipinski definition) is 4. The van der Waals surface area contributed by atoms with Gasteiger partial charge in [0.15, 0.2) is 10.8 Å². The Hall–Kier alpha value is -3.83. The van der Waals surface area contributed by atoms with Crippen LogP contribution in [0.4, 0.5) is 0 Å². The third kappa shape index (κ3) is 5.00. The molecule has 0 radical (unpaired) electrons. The molecular formula is C30H23BrO4. The van der Waals surface area contributed by atoms with Crippen molar-refractivity contribution in [1.29, 1.82) is 0 Å². The third-order valence-corrected chi connectivity index (χ3v) is 6.48. The fourth-order valence-electron chi connectivity index (χ4n) is 4.14. The second kappa shape index (κ2) is 10.2. The summed E-state index contributed by atoms with van der Waals surface area (Å²) < 4.78 is 17.5. The van der Waals surface area contributed by atoms with E-state index in [0.29, 0.717) is 12.2 Å². The monoisotopic (exact) mass is 526 g/mol. The molecule has 0 aliphatic heterocycles. The summed E-state index contributed by atoms with van der Waals surface area (Å²) in [7, 11) is 1.38. The van der Waals surface area contributed by atoms with Crippen LogP contribution in [0.2, 0.25) is 0 Å². The number of fused-ring (bicyclic) bond motifs is 1. The van der Waals surface area contributed by atoms with Gasteiger partial charge in [-0.15, -0.1) is 0 Å². The van der Waals surface area contributed by atoms with E-state index in [1.54, 1.807) is 0 Å². The number of ether oxygens (including phenoxy) is 2. The third-order valence-electron chi connectivity index (χ3n) is 5.92. The summed E-state index contributed by atoms with van der Waals surface area (Å²) in [6.07, 6.45) is -0.273. The van der Waals surface area contributed by atoms with E-state index in [2.05, 4.69) is 46.3 Å². The van der Waals surface area contributed by atoms with Crippen molar-refractivity contribution in [3.8, 4) is 28.0 Å². The van der Waals surface area contributed by atoms with Gasteiger partial charge >= 0.3 is 5.97 Å². The lowest BCUT2D eigenvalue weighted by Gasteiger charge is -2.17. The summed E-state index contributed by atoms with van der Waals surface area (Å²) in [6, 6.07) is 33.9. The number of carbonyl (C=O) groups is 1. The second-order valence-corrected chi connectivity index (χ2v) is 8.89. The number of furan rings is 1. The first-order valence-corrected chi connectivity index (χ1v) is 12.1. The number of halogens is 1. The van der Waals surface area contributed by atoms with Gasteiger partial charge in [-0.25, -0.2) is 4.79 Å². The van der Waals surface area contributed by atoms with Gasteiger partial charge < -0.3 is 13.9 Å². The number of carbonyl (C=O) groups excluding carboxylic acids is 1. The topological polar surface area (TPSA) is 48.7 Å². The van der Waals surface area contributed by atoms with Gasteiger partial charge in [0.25, 0.3) is 0 Å². The van der Waals surface area contributed by atoms with Crippen molar-refractivity contribution in [2.75, 3.05) is 7.11 Å². The van der Waals surface area contributed by atoms with Crippen LogP contribution in [0.5, 0.6) is 5.75 Å². The zero-order valence-electron chi connectivity index (χ0n) is 19.1. The minimum atomic E-state index is -0.712. The Morgan fingerprint density at radius 3 is 2.09 bits per heavy atom. The summed E-state index contributed by atoms with van der Waals surface area (Å²) >= 11 is 3.56. The van der Waals surface area contributed by atoms with Crippen molar-refractivity contribution in [2.24, 2.45) is 0 Å².